The Morgan fingerprint density at radius 3 is 3.00 bits per heavy atom. The lowest BCUT2D eigenvalue weighted by Crippen LogP contribution is -2.22. The van der Waals surface area contributed by atoms with Crippen molar-refractivity contribution in [2.45, 2.75) is 19.3 Å². The number of rotatable bonds is 4. The van der Waals surface area contributed by atoms with Gasteiger partial charge in [0, 0.05) is 23.4 Å². The van der Waals surface area contributed by atoms with Crippen LogP contribution in [0, 0.1) is 0 Å². The Morgan fingerprint density at radius 1 is 1.43 bits per heavy atom. The first-order valence-corrected chi connectivity index (χ1v) is 7.27. The SMILES string of the molecule is COc1cccc2c1CCc1cc(=O)n(/C=C/CC(=O)O)nc1-2. The minimum atomic E-state index is -0.956. The van der Waals surface area contributed by atoms with Crippen molar-refractivity contribution in [3.63, 3.8) is 0 Å². The van der Waals surface area contributed by atoms with Crippen LogP contribution in [0.2, 0.25) is 0 Å². The molecule has 0 amide bonds. The Balaban J connectivity index is 2.08. The van der Waals surface area contributed by atoms with Crippen molar-refractivity contribution in [2.24, 2.45) is 0 Å². The average molecular weight is 312 g/mol. The van der Waals surface area contributed by atoms with Gasteiger partial charge in [0.25, 0.3) is 5.56 Å². The molecule has 1 aromatic carbocycles. The van der Waals surface area contributed by atoms with Crippen molar-refractivity contribution in [3.8, 4) is 17.0 Å². The molecule has 6 nitrogen and oxygen atoms in total. The summed E-state index contributed by atoms with van der Waals surface area (Å²) < 4.78 is 6.57. The van der Waals surface area contributed by atoms with Crippen LogP contribution >= 0.6 is 0 Å². The zero-order valence-corrected chi connectivity index (χ0v) is 12.7. The second-order valence-corrected chi connectivity index (χ2v) is 5.27. The van der Waals surface area contributed by atoms with Crippen LogP contribution in [0.15, 0.2) is 35.1 Å². The van der Waals surface area contributed by atoms with Crippen molar-refractivity contribution < 1.29 is 14.6 Å². The molecule has 0 fully saturated rings. The van der Waals surface area contributed by atoms with Gasteiger partial charge in [-0.3, -0.25) is 9.59 Å². The van der Waals surface area contributed by atoms with Crippen molar-refractivity contribution >= 4 is 12.2 Å². The molecule has 0 atom stereocenters. The number of carboxylic acids is 1. The highest BCUT2D eigenvalue weighted by molar-refractivity contribution is 5.72. The normalized spacial score (nSPS) is 12.7. The predicted octanol–water partition coefficient (Wildman–Crippen LogP) is 1.96. The van der Waals surface area contributed by atoms with Gasteiger partial charge < -0.3 is 9.84 Å². The van der Waals surface area contributed by atoms with E-state index in [9.17, 15) is 9.59 Å². The number of aliphatic carboxylic acids is 1. The van der Waals surface area contributed by atoms with Gasteiger partial charge >= 0.3 is 5.97 Å². The number of ether oxygens (including phenoxy) is 1. The molecule has 1 heterocycles. The van der Waals surface area contributed by atoms with Gasteiger partial charge in [-0.15, -0.1) is 0 Å². The molecule has 0 radical (unpaired) electrons. The van der Waals surface area contributed by atoms with Crippen LogP contribution in [0.4, 0.5) is 0 Å². The molecule has 0 saturated heterocycles. The molecule has 2 aromatic rings. The number of methoxy groups -OCH3 is 1. The first kappa shape index (κ1) is 15.0. The number of aromatic nitrogens is 2. The number of aryl methyl sites for hydroxylation is 1. The van der Waals surface area contributed by atoms with Gasteiger partial charge in [-0.25, -0.2) is 4.68 Å². The van der Waals surface area contributed by atoms with E-state index in [0.29, 0.717) is 0 Å². The molecular formula is C17H16N2O4. The van der Waals surface area contributed by atoms with Gasteiger partial charge in [0.1, 0.15) is 5.75 Å². The van der Waals surface area contributed by atoms with E-state index >= 15 is 0 Å². The molecule has 1 aliphatic carbocycles. The van der Waals surface area contributed by atoms with Crippen LogP contribution < -0.4 is 10.3 Å². The van der Waals surface area contributed by atoms with E-state index in [2.05, 4.69) is 5.10 Å². The Bertz CT molecular complexity index is 852. The summed E-state index contributed by atoms with van der Waals surface area (Å²) in [6.07, 6.45) is 4.16. The van der Waals surface area contributed by atoms with Crippen molar-refractivity contribution in [3.05, 3.63) is 51.8 Å². The smallest absolute Gasteiger partial charge is 0.307 e. The Morgan fingerprint density at radius 2 is 2.26 bits per heavy atom. The minimum absolute atomic E-state index is 0.157. The maximum absolute atomic E-state index is 12.1. The summed E-state index contributed by atoms with van der Waals surface area (Å²) in [4.78, 5) is 22.6. The first-order valence-electron chi connectivity index (χ1n) is 7.27. The standard InChI is InChI=1S/C17H16N2O4/c1-23-14-5-2-4-13-12(14)8-7-11-10-15(20)19(18-17(11)13)9-3-6-16(21)22/h2-5,9-10H,6-8H2,1H3,(H,21,22)/b9-3+. The van der Waals surface area contributed by atoms with Gasteiger partial charge in [-0.2, -0.15) is 5.10 Å². The Hall–Kier alpha value is -2.89. The van der Waals surface area contributed by atoms with Gasteiger partial charge in [0.2, 0.25) is 0 Å². The molecule has 3 rings (SSSR count). The molecule has 0 aliphatic heterocycles. The number of hydrogen-bond donors (Lipinski definition) is 1. The molecule has 0 bridgehead atoms. The highest BCUT2D eigenvalue weighted by atomic mass is 16.5. The molecule has 1 aromatic heterocycles. The van der Waals surface area contributed by atoms with E-state index in [1.165, 1.54) is 17.0 Å². The van der Waals surface area contributed by atoms with Crippen LogP contribution in [0.1, 0.15) is 17.5 Å². The second-order valence-electron chi connectivity index (χ2n) is 5.27. The van der Waals surface area contributed by atoms with Crippen molar-refractivity contribution in [1.82, 2.24) is 9.78 Å². The predicted molar refractivity (Wildman–Crippen MR) is 85.5 cm³/mol. The second kappa shape index (κ2) is 6.08. The van der Waals surface area contributed by atoms with Crippen LogP contribution in [-0.2, 0) is 17.6 Å². The maximum atomic E-state index is 12.1. The lowest BCUT2D eigenvalue weighted by Gasteiger charge is -2.21. The van der Waals surface area contributed by atoms with E-state index in [-0.39, 0.29) is 12.0 Å². The minimum Gasteiger partial charge on any atom is -0.496 e. The van der Waals surface area contributed by atoms with Gasteiger partial charge in [-0.1, -0.05) is 18.2 Å². The lowest BCUT2D eigenvalue weighted by molar-refractivity contribution is -0.135. The fourth-order valence-corrected chi connectivity index (χ4v) is 2.78. The summed E-state index contributed by atoms with van der Waals surface area (Å²) in [5.41, 5.74) is 3.40. The van der Waals surface area contributed by atoms with Crippen LogP contribution in [0.25, 0.3) is 17.5 Å². The molecule has 1 N–H and O–H groups in total. The van der Waals surface area contributed by atoms with Crippen LogP contribution in [-0.4, -0.2) is 28.0 Å². The van der Waals surface area contributed by atoms with Crippen molar-refractivity contribution in [1.29, 1.82) is 0 Å². The molecule has 0 spiro atoms. The summed E-state index contributed by atoms with van der Waals surface area (Å²) in [7, 11) is 1.63. The monoisotopic (exact) mass is 312 g/mol. The van der Waals surface area contributed by atoms with Crippen molar-refractivity contribution in [2.75, 3.05) is 7.11 Å². The fraction of sp³-hybridized carbons (Fsp3) is 0.235. The highest BCUT2D eigenvalue weighted by Gasteiger charge is 2.21. The Kier molecular flexibility index (Phi) is 3.97. The van der Waals surface area contributed by atoms with Gasteiger partial charge in [0.15, 0.2) is 0 Å². The number of carboxylic acid groups (broad SMARTS) is 1. The number of hydrogen-bond acceptors (Lipinski definition) is 4. The van der Waals surface area contributed by atoms with Crippen LogP contribution in [0.5, 0.6) is 5.75 Å². The van der Waals surface area contributed by atoms with E-state index in [1.54, 1.807) is 13.2 Å². The molecule has 0 saturated carbocycles. The molecule has 1 aliphatic rings. The Labute approximate surface area is 132 Å². The summed E-state index contributed by atoms with van der Waals surface area (Å²) >= 11 is 0. The molecule has 6 heteroatoms. The zero-order valence-electron chi connectivity index (χ0n) is 12.7. The third kappa shape index (κ3) is 2.88. The van der Waals surface area contributed by atoms with Crippen LogP contribution in [0.3, 0.4) is 0 Å². The van der Waals surface area contributed by atoms with Gasteiger partial charge in [-0.05, 0) is 24.5 Å². The third-order valence-corrected chi connectivity index (χ3v) is 3.83. The lowest BCUT2D eigenvalue weighted by atomic mass is 9.89. The summed E-state index contributed by atoms with van der Waals surface area (Å²) in [5.74, 6) is -0.142. The maximum Gasteiger partial charge on any atom is 0.307 e. The zero-order chi connectivity index (χ0) is 16.4. The molecule has 118 valence electrons. The van der Waals surface area contributed by atoms with E-state index in [0.717, 1.165) is 41.0 Å². The fourth-order valence-electron chi connectivity index (χ4n) is 2.78. The third-order valence-electron chi connectivity index (χ3n) is 3.83. The highest BCUT2D eigenvalue weighted by Crippen LogP contribution is 2.36. The van der Waals surface area contributed by atoms with E-state index in [1.807, 2.05) is 18.2 Å². The molecule has 0 unspecified atom stereocenters. The average Bonchev–Trinajstić information content (AvgIpc) is 2.54. The largest absolute Gasteiger partial charge is 0.496 e. The first-order chi connectivity index (χ1) is 11.1. The summed E-state index contributed by atoms with van der Waals surface area (Å²) in [5, 5.41) is 13.1. The molecular weight excluding hydrogens is 296 g/mol. The summed E-state index contributed by atoms with van der Waals surface area (Å²) in [6, 6.07) is 7.32. The summed E-state index contributed by atoms with van der Waals surface area (Å²) in [6.45, 7) is 0. The molecule has 23 heavy (non-hydrogen) atoms. The van der Waals surface area contributed by atoms with E-state index < -0.39 is 5.97 Å². The number of nitrogens with zero attached hydrogens (tertiary/aromatic N) is 2. The number of fused-ring (bicyclic) bond motifs is 3. The number of carbonyl (C=O) groups is 1. The van der Waals surface area contributed by atoms with E-state index in [4.69, 9.17) is 9.84 Å². The quantitative estimate of drug-likeness (QED) is 0.933. The van der Waals surface area contributed by atoms with Gasteiger partial charge in [0.05, 0.1) is 19.2 Å². The topological polar surface area (TPSA) is 81.4 Å². The number of benzene rings is 1.